The second-order valence-corrected chi connectivity index (χ2v) is 9.31. The van der Waals surface area contributed by atoms with Crippen molar-refractivity contribution in [2.75, 3.05) is 27.2 Å². The molecule has 1 atom stereocenters. The van der Waals surface area contributed by atoms with E-state index < -0.39 is 22.0 Å². The summed E-state index contributed by atoms with van der Waals surface area (Å²) in [5.74, 6) is -0.776. The first kappa shape index (κ1) is 23.9. The molecule has 0 saturated carbocycles. The smallest absolute Gasteiger partial charge is 0.243 e. The molecule has 2 aromatic carbocycles. The molecule has 2 amide bonds. The van der Waals surface area contributed by atoms with Crippen LogP contribution in [0.2, 0.25) is 5.02 Å². The first-order chi connectivity index (χ1) is 14.2. The number of rotatable bonds is 9. The van der Waals surface area contributed by atoms with Crippen LogP contribution in [-0.2, 0) is 26.0 Å². The van der Waals surface area contributed by atoms with E-state index in [0.717, 1.165) is 9.87 Å². The zero-order valence-electron chi connectivity index (χ0n) is 17.2. The first-order valence-electron chi connectivity index (χ1n) is 9.43. The molecule has 162 valence electrons. The van der Waals surface area contributed by atoms with E-state index in [-0.39, 0.29) is 23.9 Å². The van der Waals surface area contributed by atoms with E-state index >= 15 is 0 Å². The SMILES string of the molecule is CNC(=O)C(C)N(CCc1ccccc1)C(=O)CN(C)S(=O)(=O)c1ccc(Cl)cc1. The van der Waals surface area contributed by atoms with Gasteiger partial charge in [-0.2, -0.15) is 4.31 Å². The summed E-state index contributed by atoms with van der Waals surface area (Å²) in [5.41, 5.74) is 1.02. The maximum atomic E-state index is 13.0. The summed E-state index contributed by atoms with van der Waals surface area (Å²) in [7, 11) is -1.05. The van der Waals surface area contributed by atoms with Crippen LogP contribution in [0.1, 0.15) is 12.5 Å². The Kier molecular flexibility index (Phi) is 8.40. The van der Waals surface area contributed by atoms with Gasteiger partial charge < -0.3 is 10.2 Å². The fourth-order valence-electron chi connectivity index (χ4n) is 2.93. The largest absolute Gasteiger partial charge is 0.357 e. The summed E-state index contributed by atoms with van der Waals surface area (Å²) in [5, 5.41) is 2.95. The number of carbonyl (C=O) groups excluding carboxylic acids is 2. The minimum Gasteiger partial charge on any atom is -0.357 e. The number of amides is 2. The number of nitrogens with zero attached hydrogens (tertiary/aromatic N) is 2. The quantitative estimate of drug-likeness (QED) is 0.633. The number of likely N-dealkylation sites (N-methyl/N-ethyl adjacent to an activating group) is 2. The van der Waals surface area contributed by atoms with Gasteiger partial charge in [0.15, 0.2) is 0 Å². The number of sulfonamides is 1. The summed E-state index contributed by atoms with van der Waals surface area (Å²) in [6, 6.07) is 14.6. The van der Waals surface area contributed by atoms with Crippen LogP contribution >= 0.6 is 11.6 Å². The van der Waals surface area contributed by atoms with Gasteiger partial charge in [-0.1, -0.05) is 41.9 Å². The molecule has 2 rings (SSSR count). The van der Waals surface area contributed by atoms with Crippen LogP contribution in [0.5, 0.6) is 0 Å². The minimum absolute atomic E-state index is 0.0392. The van der Waals surface area contributed by atoms with E-state index in [1.807, 2.05) is 30.3 Å². The van der Waals surface area contributed by atoms with Gasteiger partial charge in [0.1, 0.15) is 6.04 Å². The number of hydrogen-bond donors (Lipinski definition) is 1. The van der Waals surface area contributed by atoms with Gasteiger partial charge in [-0.3, -0.25) is 9.59 Å². The lowest BCUT2D eigenvalue weighted by Crippen LogP contribution is -2.51. The van der Waals surface area contributed by atoms with Crippen molar-refractivity contribution in [3.05, 3.63) is 65.2 Å². The number of hydrogen-bond acceptors (Lipinski definition) is 4. The van der Waals surface area contributed by atoms with Crippen LogP contribution in [0, 0.1) is 0 Å². The molecule has 0 aromatic heterocycles. The molecule has 1 unspecified atom stereocenters. The van der Waals surface area contributed by atoms with Crippen LogP contribution in [0.3, 0.4) is 0 Å². The monoisotopic (exact) mass is 451 g/mol. The molecule has 0 aliphatic heterocycles. The van der Waals surface area contributed by atoms with Gasteiger partial charge in [0.25, 0.3) is 0 Å². The molecular formula is C21H26ClN3O4S. The van der Waals surface area contributed by atoms with Crippen molar-refractivity contribution in [3.63, 3.8) is 0 Å². The summed E-state index contributed by atoms with van der Waals surface area (Å²) < 4.78 is 26.5. The zero-order chi connectivity index (χ0) is 22.3. The molecule has 2 aromatic rings. The van der Waals surface area contributed by atoms with Crippen molar-refractivity contribution in [2.24, 2.45) is 0 Å². The third-order valence-corrected chi connectivity index (χ3v) is 6.85. The molecule has 0 radical (unpaired) electrons. The van der Waals surface area contributed by atoms with Gasteiger partial charge in [-0.25, -0.2) is 8.42 Å². The van der Waals surface area contributed by atoms with Crippen LogP contribution in [-0.4, -0.2) is 62.7 Å². The number of benzene rings is 2. The third kappa shape index (κ3) is 6.04. The average Bonchev–Trinajstić information content (AvgIpc) is 2.74. The van der Waals surface area contributed by atoms with Crippen molar-refractivity contribution in [1.82, 2.24) is 14.5 Å². The Morgan fingerprint density at radius 1 is 1.07 bits per heavy atom. The van der Waals surface area contributed by atoms with E-state index in [4.69, 9.17) is 11.6 Å². The number of halogens is 1. The fourth-order valence-corrected chi connectivity index (χ4v) is 4.18. The number of carbonyl (C=O) groups is 2. The molecule has 0 spiro atoms. The van der Waals surface area contributed by atoms with Gasteiger partial charge in [-0.15, -0.1) is 0 Å². The Morgan fingerprint density at radius 3 is 2.23 bits per heavy atom. The Bertz CT molecular complexity index is 966. The minimum atomic E-state index is -3.88. The Labute approximate surface area is 182 Å². The summed E-state index contributed by atoms with van der Waals surface area (Å²) in [6.45, 7) is 1.52. The Balaban J connectivity index is 2.17. The summed E-state index contributed by atoms with van der Waals surface area (Å²) >= 11 is 5.82. The van der Waals surface area contributed by atoms with Gasteiger partial charge in [0.05, 0.1) is 11.4 Å². The maximum Gasteiger partial charge on any atom is 0.243 e. The first-order valence-corrected chi connectivity index (χ1v) is 11.3. The topological polar surface area (TPSA) is 86.8 Å². The lowest BCUT2D eigenvalue weighted by molar-refractivity contribution is -0.139. The van der Waals surface area contributed by atoms with E-state index in [1.54, 1.807) is 6.92 Å². The predicted molar refractivity (Wildman–Crippen MR) is 117 cm³/mol. The Morgan fingerprint density at radius 2 is 1.67 bits per heavy atom. The summed E-state index contributed by atoms with van der Waals surface area (Å²) in [6.07, 6.45) is 0.543. The van der Waals surface area contributed by atoms with Crippen molar-refractivity contribution in [1.29, 1.82) is 0 Å². The highest BCUT2D eigenvalue weighted by Gasteiger charge is 2.29. The second-order valence-electron chi connectivity index (χ2n) is 6.83. The molecule has 30 heavy (non-hydrogen) atoms. The van der Waals surface area contributed by atoms with Crippen LogP contribution in [0.15, 0.2) is 59.5 Å². The number of nitrogens with one attached hydrogen (secondary N) is 1. The van der Waals surface area contributed by atoms with Crippen molar-refractivity contribution in [3.8, 4) is 0 Å². The molecule has 0 fully saturated rings. The van der Waals surface area contributed by atoms with Crippen LogP contribution in [0.4, 0.5) is 0 Å². The highest BCUT2D eigenvalue weighted by atomic mass is 35.5. The maximum absolute atomic E-state index is 13.0. The van der Waals surface area contributed by atoms with Gasteiger partial charge >= 0.3 is 0 Å². The fraction of sp³-hybridized carbons (Fsp3) is 0.333. The van der Waals surface area contributed by atoms with Crippen molar-refractivity contribution < 1.29 is 18.0 Å². The molecule has 0 aliphatic carbocycles. The van der Waals surface area contributed by atoms with E-state index in [9.17, 15) is 18.0 Å². The second kappa shape index (κ2) is 10.6. The standard InChI is InChI=1S/C21H26ClN3O4S/c1-16(21(27)23-2)25(14-13-17-7-5-4-6-8-17)20(26)15-24(3)30(28,29)19-11-9-18(22)10-12-19/h4-12,16H,13-15H2,1-3H3,(H,23,27). The van der Waals surface area contributed by atoms with Crippen LogP contribution < -0.4 is 5.32 Å². The highest BCUT2D eigenvalue weighted by Crippen LogP contribution is 2.18. The van der Waals surface area contributed by atoms with E-state index in [2.05, 4.69) is 5.32 Å². The lowest BCUT2D eigenvalue weighted by atomic mass is 10.1. The van der Waals surface area contributed by atoms with Gasteiger partial charge in [0, 0.05) is 25.7 Å². The normalized spacial score (nSPS) is 12.4. The summed E-state index contributed by atoms with van der Waals surface area (Å²) in [4.78, 5) is 26.6. The van der Waals surface area contributed by atoms with E-state index in [1.165, 1.54) is 43.3 Å². The molecule has 0 heterocycles. The third-order valence-electron chi connectivity index (χ3n) is 4.78. The van der Waals surface area contributed by atoms with Crippen molar-refractivity contribution in [2.45, 2.75) is 24.3 Å². The van der Waals surface area contributed by atoms with Crippen molar-refractivity contribution >= 4 is 33.4 Å². The van der Waals surface area contributed by atoms with Crippen LogP contribution in [0.25, 0.3) is 0 Å². The predicted octanol–water partition coefficient (Wildman–Crippen LogP) is 2.17. The highest BCUT2D eigenvalue weighted by molar-refractivity contribution is 7.89. The average molecular weight is 452 g/mol. The molecule has 0 saturated heterocycles. The molecular weight excluding hydrogens is 426 g/mol. The molecule has 7 nitrogen and oxygen atoms in total. The zero-order valence-corrected chi connectivity index (χ0v) is 18.8. The Hall–Kier alpha value is -2.42. The van der Waals surface area contributed by atoms with Gasteiger partial charge in [0.2, 0.25) is 21.8 Å². The molecule has 1 N–H and O–H groups in total. The van der Waals surface area contributed by atoms with Gasteiger partial charge in [-0.05, 0) is 43.2 Å². The molecule has 0 aliphatic rings. The lowest BCUT2D eigenvalue weighted by Gasteiger charge is -2.30. The van der Waals surface area contributed by atoms with E-state index in [0.29, 0.717) is 11.4 Å². The molecule has 9 heteroatoms. The molecule has 0 bridgehead atoms.